The lowest BCUT2D eigenvalue weighted by atomic mass is 9.97. The highest BCUT2D eigenvalue weighted by Gasteiger charge is 2.32. The summed E-state index contributed by atoms with van der Waals surface area (Å²) in [5.41, 5.74) is 1.94. The van der Waals surface area contributed by atoms with E-state index in [1.54, 1.807) is 18.3 Å². The van der Waals surface area contributed by atoms with Gasteiger partial charge in [-0.25, -0.2) is 21.9 Å². The molecule has 0 radical (unpaired) electrons. The van der Waals surface area contributed by atoms with Gasteiger partial charge >= 0.3 is 0 Å². The fraction of sp³-hybridized carbons (Fsp3) is 0.360. The molecule has 1 N–H and O–H groups in total. The molecular weight excluding hydrogens is 458 g/mol. The van der Waals surface area contributed by atoms with Gasteiger partial charge in [-0.15, -0.1) is 0 Å². The largest absolute Gasteiger partial charge is 0.291 e. The highest BCUT2D eigenvalue weighted by atomic mass is 32.2. The van der Waals surface area contributed by atoms with Crippen molar-refractivity contribution in [2.75, 3.05) is 13.1 Å². The minimum absolute atomic E-state index is 0.241. The molecule has 0 saturated carbocycles. The number of hydrogen-bond donors (Lipinski definition) is 1. The van der Waals surface area contributed by atoms with Crippen LogP contribution in [-0.4, -0.2) is 42.4 Å². The SMILES string of the molecule is CC(C)c1ccc(S(=O)(=O)NC2CCN(C(c3cnccn3)c3ccc(F)cc3F)CC2)cc1. The second kappa shape index (κ2) is 10.2. The number of hydrogen-bond acceptors (Lipinski definition) is 5. The monoisotopic (exact) mass is 486 g/mol. The van der Waals surface area contributed by atoms with Gasteiger partial charge in [0.2, 0.25) is 10.0 Å². The molecule has 34 heavy (non-hydrogen) atoms. The van der Waals surface area contributed by atoms with Crippen LogP contribution in [0, 0.1) is 11.6 Å². The van der Waals surface area contributed by atoms with E-state index in [1.165, 1.54) is 24.5 Å². The topological polar surface area (TPSA) is 75.2 Å². The van der Waals surface area contributed by atoms with Crippen LogP contribution >= 0.6 is 0 Å². The number of halogens is 2. The quantitative estimate of drug-likeness (QED) is 0.536. The number of rotatable bonds is 7. The maximum absolute atomic E-state index is 14.7. The number of nitrogens with one attached hydrogen (secondary N) is 1. The molecule has 1 atom stereocenters. The molecule has 180 valence electrons. The van der Waals surface area contributed by atoms with Gasteiger partial charge in [0.25, 0.3) is 0 Å². The van der Waals surface area contributed by atoms with Crippen LogP contribution in [0.4, 0.5) is 8.78 Å². The van der Waals surface area contributed by atoms with E-state index in [9.17, 15) is 17.2 Å². The molecule has 2 aromatic carbocycles. The van der Waals surface area contributed by atoms with Crippen molar-refractivity contribution in [3.05, 3.63) is 89.5 Å². The minimum Gasteiger partial charge on any atom is -0.291 e. The van der Waals surface area contributed by atoms with E-state index in [0.29, 0.717) is 43.1 Å². The van der Waals surface area contributed by atoms with Gasteiger partial charge in [0.05, 0.1) is 22.8 Å². The number of aromatic nitrogens is 2. The van der Waals surface area contributed by atoms with Crippen molar-refractivity contribution in [3.8, 4) is 0 Å². The second-order valence-electron chi connectivity index (χ2n) is 8.85. The fourth-order valence-corrected chi connectivity index (χ4v) is 5.62. The van der Waals surface area contributed by atoms with E-state index in [1.807, 2.05) is 17.0 Å². The standard InChI is InChI=1S/C25H28F2N4O2S/c1-17(2)18-3-6-21(7-4-18)34(32,33)30-20-9-13-31(14-10-20)25(24-16-28-11-12-29-24)22-8-5-19(26)15-23(22)27/h3-8,11-12,15-17,20,25,30H,9-10,13-14H2,1-2H3. The average Bonchev–Trinajstić information content (AvgIpc) is 2.82. The average molecular weight is 487 g/mol. The molecule has 1 aliphatic rings. The van der Waals surface area contributed by atoms with E-state index in [-0.39, 0.29) is 10.9 Å². The molecule has 1 unspecified atom stereocenters. The van der Waals surface area contributed by atoms with Crippen molar-refractivity contribution >= 4 is 10.0 Å². The Hall–Kier alpha value is -2.75. The summed E-state index contributed by atoms with van der Waals surface area (Å²) in [5.74, 6) is -0.973. The smallest absolute Gasteiger partial charge is 0.240 e. The van der Waals surface area contributed by atoms with Crippen LogP contribution in [0.3, 0.4) is 0 Å². The van der Waals surface area contributed by atoms with Gasteiger partial charge in [-0.05, 0) is 42.5 Å². The Kier molecular flexibility index (Phi) is 7.35. The second-order valence-corrected chi connectivity index (χ2v) is 10.6. The van der Waals surface area contributed by atoms with Crippen molar-refractivity contribution in [1.82, 2.24) is 19.6 Å². The van der Waals surface area contributed by atoms with Crippen LogP contribution in [0.1, 0.15) is 55.5 Å². The van der Waals surface area contributed by atoms with E-state index in [4.69, 9.17) is 0 Å². The molecule has 4 rings (SSSR count). The molecule has 1 aromatic heterocycles. The number of sulfonamides is 1. The zero-order valence-corrected chi connectivity index (χ0v) is 20.0. The Morgan fingerprint density at radius 1 is 1.03 bits per heavy atom. The molecule has 0 bridgehead atoms. The van der Waals surface area contributed by atoms with Crippen LogP contribution in [-0.2, 0) is 10.0 Å². The van der Waals surface area contributed by atoms with Crippen LogP contribution in [0.15, 0.2) is 66.0 Å². The van der Waals surface area contributed by atoms with Gasteiger partial charge in [-0.1, -0.05) is 32.0 Å². The molecular formula is C25H28F2N4O2S. The first-order valence-corrected chi connectivity index (χ1v) is 12.8. The third-order valence-electron chi connectivity index (χ3n) is 6.19. The summed E-state index contributed by atoms with van der Waals surface area (Å²) in [6, 6.07) is 9.68. The normalized spacial score (nSPS) is 16.6. The van der Waals surface area contributed by atoms with Crippen LogP contribution in [0.25, 0.3) is 0 Å². The van der Waals surface area contributed by atoms with Crippen LogP contribution in [0.2, 0.25) is 0 Å². The van der Waals surface area contributed by atoms with Gasteiger partial charge in [-0.2, -0.15) is 0 Å². The number of nitrogens with zero attached hydrogens (tertiary/aromatic N) is 3. The highest BCUT2D eigenvalue weighted by molar-refractivity contribution is 7.89. The van der Waals surface area contributed by atoms with Crippen molar-refractivity contribution in [2.45, 2.75) is 49.6 Å². The molecule has 0 aliphatic carbocycles. The predicted molar refractivity (Wildman–Crippen MR) is 126 cm³/mol. The first-order valence-electron chi connectivity index (χ1n) is 11.3. The Morgan fingerprint density at radius 3 is 2.32 bits per heavy atom. The van der Waals surface area contributed by atoms with Gasteiger partial charge < -0.3 is 0 Å². The van der Waals surface area contributed by atoms with Crippen molar-refractivity contribution < 1.29 is 17.2 Å². The van der Waals surface area contributed by atoms with E-state index < -0.39 is 27.7 Å². The molecule has 0 spiro atoms. The lowest BCUT2D eigenvalue weighted by molar-refractivity contribution is 0.165. The Labute approximate surface area is 199 Å². The van der Waals surface area contributed by atoms with Crippen molar-refractivity contribution in [3.63, 3.8) is 0 Å². The summed E-state index contributed by atoms with van der Waals surface area (Å²) in [6.07, 6.45) is 5.74. The number of piperidine rings is 1. The van der Waals surface area contributed by atoms with Gasteiger partial charge in [-0.3, -0.25) is 14.9 Å². The lowest BCUT2D eigenvalue weighted by Crippen LogP contribution is -2.46. The molecule has 6 nitrogen and oxygen atoms in total. The first kappa shape index (κ1) is 24.4. The fourth-order valence-electron chi connectivity index (χ4n) is 4.31. The highest BCUT2D eigenvalue weighted by Crippen LogP contribution is 2.32. The molecule has 1 fully saturated rings. The van der Waals surface area contributed by atoms with Crippen LogP contribution < -0.4 is 4.72 Å². The summed E-state index contributed by atoms with van der Waals surface area (Å²) in [4.78, 5) is 10.7. The summed E-state index contributed by atoms with van der Waals surface area (Å²) in [7, 11) is -3.65. The Morgan fingerprint density at radius 2 is 1.74 bits per heavy atom. The first-order chi connectivity index (χ1) is 16.2. The Balaban J connectivity index is 1.48. The summed E-state index contributed by atoms with van der Waals surface area (Å²) < 4.78 is 56.8. The predicted octanol–water partition coefficient (Wildman–Crippen LogP) is 4.41. The van der Waals surface area contributed by atoms with E-state index >= 15 is 0 Å². The summed E-state index contributed by atoms with van der Waals surface area (Å²) >= 11 is 0. The van der Waals surface area contributed by atoms with Crippen LogP contribution in [0.5, 0.6) is 0 Å². The van der Waals surface area contributed by atoms with Crippen molar-refractivity contribution in [2.24, 2.45) is 0 Å². The molecule has 2 heterocycles. The van der Waals surface area contributed by atoms with E-state index in [2.05, 4.69) is 28.5 Å². The van der Waals surface area contributed by atoms with Gasteiger partial charge in [0.1, 0.15) is 11.6 Å². The summed E-state index contributed by atoms with van der Waals surface area (Å²) in [6.45, 7) is 5.14. The number of benzene rings is 2. The molecule has 0 amide bonds. The third kappa shape index (κ3) is 5.48. The Bertz CT molecular complexity index is 1210. The maximum Gasteiger partial charge on any atom is 0.240 e. The summed E-state index contributed by atoms with van der Waals surface area (Å²) in [5, 5.41) is 0. The minimum atomic E-state index is -3.65. The number of likely N-dealkylation sites (tertiary alicyclic amines) is 1. The lowest BCUT2D eigenvalue weighted by Gasteiger charge is -2.37. The zero-order chi connectivity index (χ0) is 24.3. The van der Waals surface area contributed by atoms with Gasteiger partial charge in [0, 0.05) is 43.2 Å². The van der Waals surface area contributed by atoms with Crippen molar-refractivity contribution in [1.29, 1.82) is 0 Å². The third-order valence-corrected chi connectivity index (χ3v) is 7.73. The molecule has 3 aromatic rings. The van der Waals surface area contributed by atoms with E-state index in [0.717, 1.165) is 11.6 Å². The van der Waals surface area contributed by atoms with Gasteiger partial charge in [0.15, 0.2) is 0 Å². The maximum atomic E-state index is 14.7. The molecule has 1 aliphatic heterocycles. The zero-order valence-electron chi connectivity index (χ0n) is 19.2. The molecule has 1 saturated heterocycles. The molecule has 9 heteroatoms.